The number of hydrogen-bond acceptors (Lipinski definition) is 5. The van der Waals surface area contributed by atoms with Crippen LogP contribution in [0.5, 0.6) is 17.2 Å². The van der Waals surface area contributed by atoms with Gasteiger partial charge in [-0.05, 0) is 42.0 Å². The summed E-state index contributed by atoms with van der Waals surface area (Å²) in [6, 6.07) is 10.9. The molecule has 0 bridgehead atoms. The fourth-order valence-corrected chi connectivity index (χ4v) is 2.10. The Kier molecular flexibility index (Phi) is 6.13. The first-order valence-corrected chi connectivity index (χ1v) is 7.32. The van der Waals surface area contributed by atoms with Gasteiger partial charge in [-0.15, -0.1) is 0 Å². The Hall–Kier alpha value is -3.33. The number of carbonyl (C=O) groups is 1. The highest BCUT2D eigenvalue weighted by molar-refractivity contribution is 6.06. The van der Waals surface area contributed by atoms with Gasteiger partial charge in [-0.25, -0.2) is 4.39 Å². The van der Waals surface area contributed by atoms with E-state index in [1.54, 1.807) is 24.3 Å². The largest absolute Gasteiger partial charge is 0.494 e. The highest BCUT2D eigenvalue weighted by Crippen LogP contribution is 2.28. The Labute approximate surface area is 144 Å². The molecule has 0 aliphatic heterocycles. The molecule has 2 aromatic rings. The minimum atomic E-state index is -0.595. The maximum Gasteiger partial charge on any atom is 0.185 e. The standard InChI is InChI=1S/C19H16FNO4/c1-23-17-8-5-14(12-15(17)20)16(22)6-3-13-4-7-18(25-10-9-21)19(11-13)24-2/h3-8,11-12H,10H2,1-2H3/b6-3+. The lowest BCUT2D eigenvalue weighted by Crippen LogP contribution is -1.98. The number of carbonyl (C=O) groups excluding carboxylic acids is 1. The molecule has 0 unspecified atom stereocenters. The molecule has 0 aliphatic rings. The van der Waals surface area contributed by atoms with Crippen LogP contribution in [-0.2, 0) is 0 Å². The second-order valence-corrected chi connectivity index (χ2v) is 4.90. The molecule has 2 rings (SSSR count). The summed E-state index contributed by atoms with van der Waals surface area (Å²) in [5.41, 5.74) is 0.916. The second-order valence-electron chi connectivity index (χ2n) is 4.90. The van der Waals surface area contributed by atoms with Crippen LogP contribution in [0.25, 0.3) is 6.08 Å². The van der Waals surface area contributed by atoms with Crippen molar-refractivity contribution < 1.29 is 23.4 Å². The minimum Gasteiger partial charge on any atom is -0.494 e. The quantitative estimate of drug-likeness (QED) is 0.568. The smallest absolute Gasteiger partial charge is 0.185 e. The molecule has 0 saturated carbocycles. The molecular formula is C19H16FNO4. The molecule has 0 aromatic heterocycles. The molecule has 0 saturated heterocycles. The van der Waals surface area contributed by atoms with Crippen molar-refractivity contribution >= 4 is 11.9 Å². The molecule has 0 spiro atoms. The maximum atomic E-state index is 13.7. The molecule has 0 amide bonds. The van der Waals surface area contributed by atoms with Crippen LogP contribution in [0, 0.1) is 17.1 Å². The minimum absolute atomic E-state index is 0.0817. The zero-order valence-electron chi connectivity index (χ0n) is 13.8. The van der Waals surface area contributed by atoms with Gasteiger partial charge < -0.3 is 14.2 Å². The van der Waals surface area contributed by atoms with Crippen LogP contribution in [0.4, 0.5) is 4.39 Å². The number of nitrogens with zero attached hydrogens (tertiary/aromatic N) is 1. The SMILES string of the molecule is COc1ccc(C(=O)/C=C/c2ccc(OCC#N)c(OC)c2)cc1F. The van der Waals surface area contributed by atoms with Gasteiger partial charge in [0.2, 0.25) is 0 Å². The van der Waals surface area contributed by atoms with Crippen molar-refractivity contribution in [3.63, 3.8) is 0 Å². The van der Waals surface area contributed by atoms with Crippen LogP contribution < -0.4 is 14.2 Å². The monoisotopic (exact) mass is 341 g/mol. The topological polar surface area (TPSA) is 68.5 Å². The van der Waals surface area contributed by atoms with E-state index < -0.39 is 5.82 Å². The van der Waals surface area contributed by atoms with Crippen molar-refractivity contribution in [1.29, 1.82) is 5.26 Å². The number of hydrogen-bond donors (Lipinski definition) is 0. The van der Waals surface area contributed by atoms with E-state index in [0.717, 1.165) is 6.07 Å². The zero-order chi connectivity index (χ0) is 18.2. The third-order valence-electron chi connectivity index (χ3n) is 3.34. The van der Waals surface area contributed by atoms with Gasteiger partial charge >= 0.3 is 0 Å². The third-order valence-corrected chi connectivity index (χ3v) is 3.34. The number of allylic oxidation sites excluding steroid dienone is 1. The number of halogens is 1. The lowest BCUT2D eigenvalue weighted by atomic mass is 10.1. The van der Waals surface area contributed by atoms with Crippen LogP contribution in [0.1, 0.15) is 15.9 Å². The van der Waals surface area contributed by atoms with E-state index in [9.17, 15) is 9.18 Å². The molecule has 0 N–H and O–H groups in total. The zero-order valence-corrected chi connectivity index (χ0v) is 13.8. The van der Waals surface area contributed by atoms with Crippen molar-refractivity contribution in [2.75, 3.05) is 20.8 Å². The average molecular weight is 341 g/mol. The molecule has 5 nitrogen and oxygen atoms in total. The van der Waals surface area contributed by atoms with E-state index in [4.69, 9.17) is 19.5 Å². The van der Waals surface area contributed by atoms with Gasteiger partial charge in [0.15, 0.2) is 35.5 Å². The predicted octanol–water partition coefficient (Wildman–Crippen LogP) is 3.64. The lowest BCUT2D eigenvalue weighted by Gasteiger charge is -2.08. The molecule has 0 heterocycles. The second kappa shape index (κ2) is 8.50. The Bertz CT molecular complexity index is 840. The third kappa shape index (κ3) is 4.58. The summed E-state index contributed by atoms with van der Waals surface area (Å²) >= 11 is 0. The highest BCUT2D eigenvalue weighted by atomic mass is 19.1. The van der Waals surface area contributed by atoms with Crippen LogP contribution in [0.15, 0.2) is 42.5 Å². The van der Waals surface area contributed by atoms with E-state index in [1.165, 1.54) is 32.4 Å². The van der Waals surface area contributed by atoms with E-state index in [2.05, 4.69) is 0 Å². The molecule has 0 radical (unpaired) electrons. The molecular weight excluding hydrogens is 325 g/mol. The molecule has 0 aliphatic carbocycles. The van der Waals surface area contributed by atoms with Crippen LogP contribution >= 0.6 is 0 Å². The van der Waals surface area contributed by atoms with Crippen LogP contribution in [0.2, 0.25) is 0 Å². The Morgan fingerprint density at radius 1 is 1.12 bits per heavy atom. The van der Waals surface area contributed by atoms with Crippen LogP contribution in [0.3, 0.4) is 0 Å². The van der Waals surface area contributed by atoms with E-state index in [1.807, 2.05) is 6.07 Å². The first kappa shape index (κ1) is 18.0. The number of benzene rings is 2. The van der Waals surface area contributed by atoms with Crippen molar-refractivity contribution in [1.82, 2.24) is 0 Å². The molecule has 0 fully saturated rings. The summed E-state index contributed by atoms with van der Waals surface area (Å²) in [6.07, 6.45) is 2.92. The summed E-state index contributed by atoms with van der Waals surface area (Å²) in [4.78, 5) is 12.1. The molecule has 6 heteroatoms. The normalized spacial score (nSPS) is 10.3. The van der Waals surface area contributed by atoms with E-state index >= 15 is 0 Å². The van der Waals surface area contributed by atoms with E-state index in [0.29, 0.717) is 17.1 Å². The fourth-order valence-electron chi connectivity index (χ4n) is 2.10. The molecule has 0 atom stereocenters. The summed E-state index contributed by atoms with van der Waals surface area (Å²) in [5, 5.41) is 8.55. The van der Waals surface area contributed by atoms with Gasteiger partial charge in [0, 0.05) is 5.56 Å². The van der Waals surface area contributed by atoms with Gasteiger partial charge in [0.1, 0.15) is 6.07 Å². The Balaban J connectivity index is 2.16. The summed E-state index contributed by atoms with van der Waals surface area (Å²) in [6.45, 7) is -0.0902. The van der Waals surface area contributed by atoms with E-state index in [-0.39, 0.29) is 23.7 Å². The predicted molar refractivity (Wildman–Crippen MR) is 90.4 cm³/mol. The number of methoxy groups -OCH3 is 2. The van der Waals surface area contributed by atoms with Gasteiger partial charge in [-0.3, -0.25) is 4.79 Å². The number of nitriles is 1. The number of ether oxygens (including phenoxy) is 3. The van der Waals surface area contributed by atoms with Crippen molar-refractivity contribution in [3.8, 4) is 23.3 Å². The van der Waals surface area contributed by atoms with Crippen molar-refractivity contribution in [2.45, 2.75) is 0 Å². The summed E-state index contributed by atoms with van der Waals surface area (Å²) in [7, 11) is 2.84. The first-order chi connectivity index (χ1) is 12.1. The van der Waals surface area contributed by atoms with Crippen LogP contribution in [-0.4, -0.2) is 26.6 Å². The molecule has 128 valence electrons. The van der Waals surface area contributed by atoms with Gasteiger partial charge in [-0.1, -0.05) is 12.1 Å². The number of rotatable bonds is 7. The fraction of sp³-hybridized carbons (Fsp3) is 0.158. The maximum absolute atomic E-state index is 13.7. The van der Waals surface area contributed by atoms with Crippen molar-refractivity contribution in [3.05, 3.63) is 59.4 Å². The lowest BCUT2D eigenvalue weighted by molar-refractivity contribution is 0.104. The Morgan fingerprint density at radius 3 is 2.48 bits per heavy atom. The van der Waals surface area contributed by atoms with Gasteiger partial charge in [0.25, 0.3) is 0 Å². The average Bonchev–Trinajstić information content (AvgIpc) is 2.64. The number of ketones is 1. The molecule has 25 heavy (non-hydrogen) atoms. The highest BCUT2D eigenvalue weighted by Gasteiger charge is 2.08. The summed E-state index contributed by atoms with van der Waals surface area (Å²) in [5.74, 6) is 0.0241. The molecule has 2 aromatic carbocycles. The van der Waals surface area contributed by atoms with Crippen molar-refractivity contribution in [2.24, 2.45) is 0 Å². The summed E-state index contributed by atoms with van der Waals surface area (Å²) < 4.78 is 28.9. The van der Waals surface area contributed by atoms with Gasteiger partial charge in [-0.2, -0.15) is 5.26 Å². The Morgan fingerprint density at radius 2 is 1.84 bits per heavy atom. The van der Waals surface area contributed by atoms with Gasteiger partial charge in [0.05, 0.1) is 14.2 Å². The first-order valence-electron chi connectivity index (χ1n) is 7.32.